The summed E-state index contributed by atoms with van der Waals surface area (Å²) in [6.07, 6.45) is 2.90. The summed E-state index contributed by atoms with van der Waals surface area (Å²) in [5, 5.41) is 0. The summed E-state index contributed by atoms with van der Waals surface area (Å²) >= 11 is 0. The van der Waals surface area contributed by atoms with Crippen molar-refractivity contribution in [1.82, 2.24) is 14.1 Å². The molecule has 0 bridgehead atoms. The van der Waals surface area contributed by atoms with E-state index in [1.807, 2.05) is 7.05 Å². The third-order valence-electron chi connectivity index (χ3n) is 4.57. The quantitative estimate of drug-likeness (QED) is 0.703. The van der Waals surface area contributed by atoms with E-state index < -0.39 is 10.0 Å². The van der Waals surface area contributed by atoms with Crippen LogP contribution in [0.25, 0.3) is 0 Å². The van der Waals surface area contributed by atoms with E-state index in [9.17, 15) is 13.2 Å². The first-order valence-corrected chi connectivity index (χ1v) is 9.29. The maximum Gasteiger partial charge on any atom is 0.223 e. The van der Waals surface area contributed by atoms with Gasteiger partial charge in [0, 0.05) is 45.3 Å². The van der Waals surface area contributed by atoms with Crippen molar-refractivity contribution in [3.05, 3.63) is 0 Å². The van der Waals surface area contributed by atoms with Crippen LogP contribution in [0.2, 0.25) is 0 Å². The van der Waals surface area contributed by atoms with Crippen molar-refractivity contribution >= 4 is 15.9 Å². The van der Waals surface area contributed by atoms with E-state index in [1.54, 1.807) is 4.31 Å². The highest BCUT2D eigenvalue weighted by molar-refractivity contribution is 7.88. The first kappa shape index (κ1) is 16.7. The fourth-order valence-electron chi connectivity index (χ4n) is 3.25. The minimum absolute atomic E-state index is 0.148. The molecule has 2 aliphatic heterocycles. The lowest BCUT2D eigenvalue weighted by Gasteiger charge is -2.37. The van der Waals surface area contributed by atoms with Crippen molar-refractivity contribution in [2.45, 2.75) is 18.9 Å². The molecule has 2 saturated heterocycles. The van der Waals surface area contributed by atoms with E-state index in [0.29, 0.717) is 32.2 Å². The molecule has 1 atom stereocenters. The molecule has 1 amide bonds. The van der Waals surface area contributed by atoms with Crippen LogP contribution in [-0.2, 0) is 14.8 Å². The van der Waals surface area contributed by atoms with Crippen molar-refractivity contribution in [2.24, 2.45) is 11.7 Å². The summed E-state index contributed by atoms with van der Waals surface area (Å²) in [4.78, 5) is 16.0. The molecule has 122 valence electrons. The molecule has 0 saturated carbocycles. The smallest absolute Gasteiger partial charge is 0.223 e. The Bertz CT molecular complexity index is 474. The van der Waals surface area contributed by atoms with Crippen LogP contribution in [0.15, 0.2) is 0 Å². The first-order chi connectivity index (χ1) is 9.77. The standard InChI is InChI=1S/C13H26N4O3S/c1-15-7-8-16(10-11(9-15)13(14)18)12-3-5-17(6-4-12)21(2,19)20/h11-12H,3-10H2,1-2H3,(H2,14,18)/t11-/m0/s1. The highest BCUT2D eigenvalue weighted by Crippen LogP contribution is 2.21. The Morgan fingerprint density at radius 2 is 1.71 bits per heavy atom. The summed E-state index contributed by atoms with van der Waals surface area (Å²) in [6.45, 7) is 4.34. The van der Waals surface area contributed by atoms with Gasteiger partial charge in [-0.3, -0.25) is 9.69 Å². The second-order valence-electron chi connectivity index (χ2n) is 6.25. The molecule has 2 fully saturated rings. The number of carbonyl (C=O) groups excluding carboxylic acids is 1. The van der Waals surface area contributed by atoms with Crippen molar-refractivity contribution in [2.75, 3.05) is 52.6 Å². The van der Waals surface area contributed by atoms with Crippen LogP contribution in [-0.4, -0.2) is 87.0 Å². The third-order valence-corrected chi connectivity index (χ3v) is 5.87. The first-order valence-electron chi connectivity index (χ1n) is 7.44. The van der Waals surface area contributed by atoms with Crippen LogP contribution < -0.4 is 5.73 Å². The molecule has 0 aromatic carbocycles. The minimum atomic E-state index is -3.09. The predicted octanol–water partition coefficient (Wildman–Crippen LogP) is -1.24. The number of amides is 1. The largest absolute Gasteiger partial charge is 0.369 e. The molecule has 0 unspecified atom stereocenters. The number of sulfonamides is 1. The third kappa shape index (κ3) is 4.38. The molecule has 0 aromatic rings. The van der Waals surface area contributed by atoms with Crippen molar-refractivity contribution in [1.29, 1.82) is 0 Å². The Balaban J connectivity index is 1.97. The fraction of sp³-hybridized carbons (Fsp3) is 0.923. The Morgan fingerprint density at radius 1 is 1.10 bits per heavy atom. The number of hydrogen-bond acceptors (Lipinski definition) is 5. The zero-order valence-electron chi connectivity index (χ0n) is 12.9. The van der Waals surface area contributed by atoms with Gasteiger partial charge in [-0.05, 0) is 19.9 Å². The Morgan fingerprint density at radius 3 is 2.24 bits per heavy atom. The zero-order valence-corrected chi connectivity index (χ0v) is 13.7. The molecule has 0 spiro atoms. The van der Waals surface area contributed by atoms with E-state index in [1.165, 1.54) is 6.26 Å². The Hall–Kier alpha value is -0.700. The number of hydrogen-bond donors (Lipinski definition) is 1. The zero-order chi connectivity index (χ0) is 15.6. The van der Waals surface area contributed by atoms with Crippen LogP contribution in [0.1, 0.15) is 12.8 Å². The van der Waals surface area contributed by atoms with Gasteiger partial charge in [0.2, 0.25) is 15.9 Å². The van der Waals surface area contributed by atoms with Gasteiger partial charge in [0.05, 0.1) is 12.2 Å². The highest BCUT2D eigenvalue weighted by Gasteiger charge is 2.32. The molecule has 0 radical (unpaired) electrons. The number of carbonyl (C=O) groups is 1. The summed E-state index contributed by atoms with van der Waals surface area (Å²) < 4.78 is 24.6. The van der Waals surface area contributed by atoms with Gasteiger partial charge in [-0.2, -0.15) is 0 Å². The van der Waals surface area contributed by atoms with Crippen LogP contribution in [0.5, 0.6) is 0 Å². The summed E-state index contributed by atoms with van der Waals surface area (Å²) in [5.74, 6) is -0.396. The van der Waals surface area contributed by atoms with Crippen LogP contribution >= 0.6 is 0 Å². The van der Waals surface area contributed by atoms with E-state index >= 15 is 0 Å². The van der Waals surface area contributed by atoms with Crippen molar-refractivity contribution in [3.63, 3.8) is 0 Å². The highest BCUT2D eigenvalue weighted by atomic mass is 32.2. The normalized spacial score (nSPS) is 28.4. The van der Waals surface area contributed by atoms with Gasteiger partial charge in [-0.25, -0.2) is 12.7 Å². The average molecular weight is 318 g/mol. The van der Waals surface area contributed by atoms with Crippen molar-refractivity contribution in [3.8, 4) is 0 Å². The molecule has 7 nitrogen and oxygen atoms in total. The minimum Gasteiger partial charge on any atom is -0.369 e. The van der Waals surface area contributed by atoms with Crippen LogP contribution in [0.4, 0.5) is 0 Å². The Kier molecular flexibility index (Phi) is 5.24. The second kappa shape index (κ2) is 6.60. The van der Waals surface area contributed by atoms with Gasteiger partial charge >= 0.3 is 0 Å². The molecule has 2 N–H and O–H groups in total. The SMILES string of the molecule is CN1CCN(C2CCN(S(C)(=O)=O)CC2)C[C@@H](C(N)=O)C1. The lowest BCUT2D eigenvalue weighted by molar-refractivity contribution is -0.122. The van der Waals surface area contributed by atoms with Crippen molar-refractivity contribution < 1.29 is 13.2 Å². The molecule has 21 heavy (non-hydrogen) atoms. The number of primary amides is 1. The number of nitrogens with two attached hydrogens (primary N) is 1. The average Bonchev–Trinajstić information content (AvgIpc) is 2.60. The molecule has 2 rings (SSSR count). The molecular formula is C13H26N4O3S. The topological polar surface area (TPSA) is 86.9 Å². The van der Waals surface area contributed by atoms with Gasteiger partial charge in [-0.15, -0.1) is 0 Å². The Labute approximate surface area is 127 Å². The maximum atomic E-state index is 11.6. The van der Waals surface area contributed by atoms with Gasteiger partial charge in [0.25, 0.3) is 0 Å². The van der Waals surface area contributed by atoms with Gasteiger partial charge in [0.15, 0.2) is 0 Å². The van der Waals surface area contributed by atoms with Gasteiger partial charge in [0.1, 0.15) is 0 Å². The van der Waals surface area contributed by atoms with Gasteiger partial charge < -0.3 is 10.6 Å². The van der Waals surface area contributed by atoms with E-state index in [0.717, 1.165) is 25.9 Å². The number of likely N-dealkylation sites (N-methyl/N-ethyl adjacent to an activating group) is 1. The fourth-order valence-corrected chi connectivity index (χ4v) is 4.12. The van der Waals surface area contributed by atoms with Gasteiger partial charge in [-0.1, -0.05) is 0 Å². The second-order valence-corrected chi connectivity index (χ2v) is 8.23. The maximum absolute atomic E-state index is 11.6. The lowest BCUT2D eigenvalue weighted by atomic mass is 10.0. The molecule has 0 aliphatic carbocycles. The molecule has 2 heterocycles. The molecule has 2 aliphatic rings. The monoisotopic (exact) mass is 318 g/mol. The van der Waals surface area contributed by atoms with E-state index in [4.69, 9.17) is 5.73 Å². The van der Waals surface area contributed by atoms with Crippen LogP contribution in [0.3, 0.4) is 0 Å². The molecule has 8 heteroatoms. The lowest BCUT2D eigenvalue weighted by Crippen LogP contribution is -2.49. The molecule has 0 aromatic heterocycles. The van der Waals surface area contributed by atoms with Crippen LogP contribution in [0, 0.1) is 5.92 Å². The predicted molar refractivity (Wildman–Crippen MR) is 81.2 cm³/mol. The number of rotatable bonds is 3. The summed E-state index contributed by atoms with van der Waals surface area (Å²) in [5.41, 5.74) is 5.49. The summed E-state index contributed by atoms with van der Waals surface area (Å²) in [7, 11) is -1.08. The number of nitrogens with zero attached hydrogens (tertiary/aromatic N) is 3. The summed E-state index contributed by atoms with van der Waals surface area (Å²) in [6, 6.07) is 0.344. The van der Waals surface area contributed by atoms with E-state index in [2.05, 4.69) is 9.80 Å². The van der Waals surface area contributed by atoms with E-state index in [-0.39, 0.29) is 11.8 Å². The molecular weight excluding hydrogens is 292 g/mol. The number of piperidine rings is 1.